The first kappa shape index (κ1) is 12.6. The Morgan fingerprint density at radius 2 is 2.20 bits per heavy atom. The molecule has 10 heavy (non-hydrogen) atoms. The molecule has 0 aliphatic carbocycles. The van der Waals surface area contributed by atoms with Gasteiger partial charge in [-0.25, -0.2) is 0 Å². The zero-order chi connectivity index (χ0) is 7.49. The fraction of sp³-hybridized carbons (Fsp3) is 0.667. The molecule has 0 fully saturated rings. The van der Waals surface area contributed by atoms with Crippen LogP contribution in [0.2, 0.25) is 0 Å². The molecule has 0 saturated heterocycles. The summed E-state index contributed by atoms with van der Waals surface area (Å²) < 4.78 is 0. The van der Waals surface area contributed by atoms with Gasteiger partial charge in [0.15, 0.2) is 0 Å². The van der Waals surface area contributed by atoms with Crippen molar-refractivity contribution in [2.75, 3.05) is 0 Å². The van der Waals surface area contributed by atoms with Crippen molar-refractivity contribution in [3.8, 4) is 6.07 Å². The van der Waals surface area contributed by atoms with Crippen LogP contribution in [-0.4, -0.2) is 5.97 Å². The smallest absolute Gasteiger partial charge is 0.548 e. The third-order valence-corrected chi connectivity index (χ3v) is 1.40. The molecule has 1 atom stereocenters. The summed E-state index contributed by atoms with van der Waals surface area (Å²) in [4.78, 5) is 10.1. The Morgan fingerprint density at radius 3 is 2.20 bits per heavy atom. The summed E-state index contributed by atoms with van der Waals surface area (Å²) >= 11 is 0. The topological polar surface area (TPSA) is 63.9 Å². The summed E-state index contributed by atoms with van der Waals surface area (Å²) in [5, 5.41) is 18.4. The number of carbonyl (C=O) groups excluding carboxylic acids is 1. The summed E-state index contributed by atoms with van der Waals surface area (Å²) in [5.41, 5.74) is -1.31. The van der Waals surface area contributed by atoms with Crippen molar-refractivity contribution in [1.29, 1.82) is 5.26 Å². The average Bonchev–Trinajstić information content (AvgIpc) is 1.86. The van der Waals surface area contributed by atoms with Gasteiger partial charge in [-0.2, -0.15) is 5.26 Å². The van der Waals surface area contributed by atoms with Crippen molar-refractivity contribution in [3.05, 3.63) is 0 Å². The van der Waals surface area contributed by atoms with E-state index in [-0.39, 0.29) is 36.0 Å². The maximum atomic E-state index is 10.1. The van der Waals surface area contributed by atoms with Gasteiger partial charge in [0, 0.05) is 0 Å². The zero-order valence-corrected chi connectivity index (χ0v) is 8.47. The van der Waals surface area contributed by atoms with E-state index in [1.165, 1.54) is 6.92 Å². The van der Waals surface area contributed by atoms with Crippen LogP contribution in [0.4, 0.5) is 0 Å². The van der Waals surface area contributed by atoms with Crippen LogP contribution in [0.5, 0.6) is 0 Å². The third-order valence-electron chi connectivity index (χ3n) is 1.40. The van der Waals surface area contributed by atoms with Crippen LogP contribution in [0.25, 0.3) is 0 Å². The van der Waals surface area contributed by atoms with Gasteiger partial charge in [0.1, 0.15) is 0 Å². The van der Waals surface area contributed by atoms with Crippen molar-refractivity contribution >= 4 is 5.97 Å². The average molecular weight is 149 g/mol. The van der Waals surface area contributed by atoms with Gasteiger partial charge in [0.05, 0.1) is 17.5 Å². The summed E-state index contributed by atoms with van der Waals surface area (Å²) in [6.45, 7) is 2.99. The molecule has 50 valence electrons. The molecule has 0 saturated carbocycles. The minimum atomic E-state index is -1.31. The number of carboxylic acid groups (broad SMARTS) is 1. The van der Waals surface area contributed by atoms with E-state index in [9.17, 15) is 9.90 Å². The van der Waals surface area contributed by atoms with Gasteiger partial charge >= 0.3 is 29.6 Å². The Labute approximate surface area is 82.3 Å². The number of hydrogen-bond donors (Lipinski definition) is 0. The fourth-order valence-electron chi connectivity index (χ4n) is 0.269. The van der Waals surface area contributed by atoms with Gasteiger partial charge in [-0.05, 0) is 13.3 Å². The van der Waals surface area contributed by atoms with Crippen LogP contribution in [0.15, 0.2) is 0 Å². The monoisotopic (exact) mass is 149 g/mol. The number of aliphatic carboxylic acids is 1. The Hall–Kier alpha value is -0.0400. The standard InChI is InChI=1S/C6H9NO2.Na/c1-3-6(2,4-7)5(8)9;/h3H2,1-2H3,(H,8,9);/q;+1/p-1. The van der Waals surface area contributed by atoms with E-state index >= 15 is 0 Å². The number of carbonyl (C=O) groups is 1. The zero-order valence-electron chi connectivity index (χ0n) is 6.47. The summed E-state index contributed by atoms with van der Waals surface area (Å²) in [6, 6.07) is 1.67. The Kier molecular flexibility index (Phi) is 5.96. The van der Waals surface area contributed by atoms with Crippen LogP contribution in [0, 0.1) is 16.7 Å². The molecule has 0 aromatic rings. The number of hydrogen-bond acceptors (Lipinski definition) is 3. The molecule has 3 nitrogen and oxygen atoms in total. The molecule has 4 heteroatoms. The number of rotatable bonds is 2. The molecule has 0 heterocycles. The maximum Gasteiger partial charge on any atom is 1.00 e. The molecule has 0 aliphatic heterocycles. The number of nitriles is 1. The summed E-state index contributed by atoms with van der Waals surface area (Å²) in [7, 11) is 0. The van der Waals surface area contributed by atoms with E-state index in [4.69, 9.17) is 5.26 Å². The SMILES string of the molecule is CCC(C)(C#N)C(=O)[O-].[Na+]. The quantitative estimate of drug-likeness (QED) is 0.386. The van der Waals surface area contributed by atoms with E-state index in [2.05, 4.69) is 0 Å². The number of carboxylic acids is 1. The van der Waals surface area contributed by atoms with Crippen molar-refractivity contribution < 1.29 is 39.5 Å². The van der Waals surface area contributed by atoms with E-state index in [0.717, 1.165) is 0 Å². The van der Waals surface area contributed by atoms with Crippen molar-refractivity contribution in [2.24, 2.45) is 5.41 Å². The Bertz CT molecular complexity index is 164. The van der Waals surface area contributed by atoms with Crippen molar-refractivity contribution in [2.45, 2.75) is 20.3 Å². The second-order valence-electron chi connectivity index (χ2n) is 2.08. The van der Waals surface area contributed by atoms with E-state index in [0.29, 0.717) is 0 Å². The summed E-state index contributed by atoms with van der Waals surface area (Å²) in [5.74, 6) is -1.30. The fourth-order valence-corrected chi connectivity index (χ4v) is 0.269. The molecular weight excluding hydrogens is 141 g/mol. The van der Waals surface area contributed by atoms with Gasteiger partial charge in [0.25, 0.3) is 0 Å². The molecule has 0 radical (unpaired) electrons. The second-order valence-corrected chi connectivity index (χ2v) is 2.08. The maximum absolute atomic E-state index is 10.1. The molecule has 0 aromatic carbocycles. The molecular formula is C6H8NNaO2. The van der Waals surface area contributed by atoms with Gasteiger partial charge in [-0.3, -0.25) is 0 Å². The molecule has 1 unspecified atom stereocenters. The third kappa shape index (κ3) is 2.70. The van der Waals surface area contributed by atoms with Crippen molar-refractivity contribution in [1.82, 2.24) is 0 Å². The van der Waals surface area contributed by atoms with Gasteiger partial charge in [0.2, 0.25) is 0 Å². The normalized spacial score (nSPS) is 14.1. The summed E-state index contributed by atoms with van der Waals surface area (Å²) in [6.07, 6.45) is 0.284. The predicted molar refractivity (Wildman–Crippen MR) is 29.0 cm³/mol. The minimum Gasteiger partial charge on any atom is -0.548 e. The Balaban J connectivity index is 0. The first-order valence-corrected chi connectivity index (χ1v) is 2.69. The molecule has 0 rings (SSSR count). The first-order chi connectivity index (χ1) is 4.06. The van der Waals surface area contributed by atoms with Crippen molar-refractivity contribution in [3.63, 3.8) is 0 Å². The Morgan fingerprint density at radius 1 is 1.80 bits per heavy atom. The predicted octanol–water partition coefficient (Wildman–Crippen LogP) is -3.32. The van der Waals surface area contributed by atoms with E-state index < -0.39 is 11.4 Å². The minimum absolute atomic E-state index is 0. The van der Waals surface area contributed by atoms with Gasteiger partial charge in [-0.1, -0.05) is 6.92 Å². The van der Waals surface area contributed by atoms with Crippen LogP contribution >= 0.6 is 0 Å². The van der Waals surface area contributed by atoms with Gasteiger partial charge < -0.3 is 9.90 Å². The number of nitrogens with zero attached hydrogens (tertiary/aromatic N) is 1. The molecule has 0 spiro atoms. The van der Waals surface area contributed by atoms with E-state index in [1.54, 1.807) is 13.0 Å². The largest absolute Gasteiger partial charge is 1.00 e. The molecule has 0 N–H and O–H groups in total. The second kappa shape index (κ2) is 4.73. The van der Waals surface area contributed by atoms with Gasteiger partial charge in [-0.15, -0.1) is 0 Å². The molecule has 0 amide bonds. The van der Waals surface area contributed by atoms with Crippen LogP contribution in [-0.2, 0) is 4.79 Å². The van der Waals surface area contributed by atoms with Crippen LogP contribution in [0.3, 0.4) is 0 Å². The van der Waals surface area contributed by atoms with Crippen LogP contribution < -0.4 is 34.7 Å². The first-order valence-electron chi connectivity index (χ1n) is 2.69. The molecule has 0 bridgehead atoms. The molecule has 0 aromatic heterocycles. The van der Waals surface area contributed by atoms with Crippen LogP contribution in [0.1, 0.15) is 20.3 Å². The van der Waals surface area contributed by atoms with E-state index in [1.807, 2.05) is 0 Å². The molecule has 0 aliphatic rings.